The maximum absolute atomic E-state index is 5.63. The van der Waals surface area contributed by atoms with Crippen LogP contribution in [0.4, 0.5) is 0 Å². The van der Waals surface area contributed by atoms with Gasteiger partial charge < -0.3 is 9.47 Å². The molecule has 2 rings (SSSR count). The Balaban J connectivity index is 2.38. The first-order valence-corrected chi connectivity index (χ1v) is 6.72. The van der Waals surface area contributed by atoms with Crippen LogP contribution < -0.4 is 9.47 Å². The molecule has 0 N–H and O–H groups in total. The van der Waals surface area contributed by atoms with Crippen LogP contribution in [-0.2, 0) is 0 Å². The standard InChI is InChI=1S/C16H17ClO2/c1-12-6-7-16(18-2)15(10-12)13-4-3-5-14(11-13)19-9-8-17/h3-7,10-11H,8-9H2,1-2H3. The van der Waals surface area contributed by atoms with E-state index in [1.54, 1.807) is 7.11 Å². The number of ether oxygens (including phenoxy) is 2. The van der Waals surface area contributed by atoms with Gasteiger partial charge in [0, 0.05) is 5.56 Å². The normalized spacial score (nSPS) is 10.3. The summed E-state index contributed by atoms with van der Waals surface area (Å²) in [6.45, 7) is 2.58. The zero-order valence-corrected chi connectivity index (χ0v) is 11.9. The summed E-state index contributed by atoms with van der Waals surface area (Å²) in [7, 11) is 1.68. The van der Waals surface area contributed by atoms with E-state index < -0.39 is 0 Å². The van der Waals surface area contributed by atoms with Crippen LogP contribution in [0.25, 0.3) is 11.1 Å². The molecule has 0 saturated heterocycles. The Bertz CT molecular complexity index is 552. The van der Waals surface area contributed by atoms with Gasteiger partial charge in [-0.15, -0.1) is 11.6 Å². The van der Waals surface area contributed by atoms with Gasteiger partial charge in [-0.3, -0.25) is 0 Å². The summed E-state index contributed by atoms with van der Waals surface area (Å²) in [6.07, 6.45) is 0. The Morgan fingerprint density at radius 2 is 1.95 bits per heavy atom. The summed E-state index contributed by atoms with van der Waals surface area (Å²) in [5, 5.41) is 0. The van der Waals surface area contributed by atoms with Crippen LogP contribution in [-0.4, -0.2) is 19.6 Å². The summed E-state index contributed by atoms with van der Waals surface area (Å²) in [5.74, 6) is 2.17. The second-order valence-electron chi connectivity index (χ2n) is 4.27. The molecule has 0 unspecified atom stereocenters. The third-order valence-electron chi connectivity index (χ3n) is 2.85. The van der Waals surface area contributed by atoms with Crippen molar-refractivity contribution in [2.45, 2.75) is 6.92 Å². The van der Waals surface area contributed by atoms with Gasteiger partial charge in [-0.25, -0.2) is 0 Å². The Morgan fingerprint density at radius 3 is 2.68 bits per heavy atom. The highest BCUT2D eigenvalue weighted by atomic mass is 35.5. The van der Waals surface area contributed by atoms with Gasteiger partial charge in [-0.1, -0.05) is 23.8 Å². The second-order valence-corrected chi connectivity index (χ2v) is 4.65. The molecule has 0 atom stereocenters. The molecule has 0 aliphatic rings. The smallest absolute Gasteiger partial charge is 0.126 e. The van der Waals surface area contributed by atoms with E-state index in [2.05, 4.69) is 13.0 Å². The predicted octanol–water partition coefficient (Wildman–Crippen LogP) is 4.29. The number of hydrogen-bond donors (Lipinski definition) is 0. The molecule has 100 valence electrons. The predicted molar refractivity (Wildman–Crippen MR) is 79.4 cm³/mol. The molecule has 0 heterocycles. The van der Waals surface area contributed by atoms with Crippen LogP contribution in [0, 0.1) is 6.92 Å². The van der Waals surface area contributed by atoms with Crippen LogP contribution in [0.1, 0.15) is 5.56 Å². The van der Waals surface area contributed by atoms with Crippen molar-refractivity contribution in [3.63, 3.8) is 0 Å². The summed E-state index contributed by atoms with van der Waals surface area (Å²) in [4.78, 5) is 0. The van der Waals surface area contributed by atoms with Crippen molar-refractivity contribution >= 4 is 11.6 Å². The Hall–Kier alpha value is -1.67. The van der Waals surface area contributed by atoms with Gasteiger partial charge in [0.2, 0.25) is 0 Å². The van der Waals surface area contributed by atoms with Crippen LogP contribution in [0.2, 0.25) is 0 Å². The lowest BCUT2D eigenvalue weighted by Crippen LogP contribution is -1.98. The van der Waals surface area contributed by atoms with E-state index in [0.29, 0.717) is 12.5 Å². The monoisotopic (exact) mass is 276 g/mol. The molecule has 0 fully saturated rings. The zero-order valence-electron chi connectivity index (χ0n) is 11.2. The molecule has 0 aliphatic carbocycles. The molecule has 0 amide bonds. The minimum atomic E-state index is 0.484. The molecule has 0 saturated carbocycles. The highest BCUT2D eigenvalue weighted by Crippen LogP contribution is 2.32. The number of benzene rings is 2. The fraction of sp³-hybridized carbons (Fsp3) is 0.250. The van der Waals surface area contributed by atoms with E-state index in [4.69, 9.17) is 21.1 Å². The molecule has 19 heavy (non-hydrogen) atoms. The topological polar surface area (TPSA) is 18.5 Å². The highest BCUT2D eigenvalue weighted by Gasteiger charge is 2.07. The molecule has 3 heteroatoms. The minimum Gasteiger partial charge on any atom is -0.496 e. The van der Waals surface area contributed by atoms with E-state index in [1.165, 1.54) is 5.56 Å². The number of methoxy groups -OCH3 is 1. The number of halogens is 1. The molecule has 2 aromatic carbocycles. The molecule has 0 radical (unpaired) electrons. The van der Waals surface area contributed by atoms with Crippen LogP contribution in [0.5, 0.6) is 11.5 Å². The summed E-state index contributed by atoms with van der Waals surface area (Å²) >= 11 is 5.63. The average molecular weight is 277 g/mol. The first kappa shape index (κ1) is 13.8. The molecule has 2 nitrogen and oxygen atoms in total. The first-order chi connectivity index (χ1) is 9.24. The Kier molecular flexibility index (Phi) is 4.69. The van der Waals surface area contributed by atoms with E-state index in [0.717, 1.165) is 22.6 Å². The Labute approximate surface area is 118 Å². The first-order valence-electron chi connectivity index (χ1n) is 6.18. The molecule has 0 aliphatic heterocycles. The van der Waals surface area contributed by atoms with Gasteiger partial charge in [0.15, 0.2) is 0 Å². The molecular formula is C16H17ClO2. The van der Waals surface area contributed by atoms with Gasteiger partial charge in [0.25, 0.3) is 0 Å². The molecule has 0 spiro atoms. The number of hydrogen-bond acceptors (Lipinski definition) is 2. The quantitative estimate of drug-likeness (QED) is 0.759. The summed E-state index contributed by atoms with van der Waals surface area (Å²) in [5.41, 5.74) is 3.34. The fourth-order valence-electron chi connectivity index (χ4n) is 1.96. The van der Waals surface area contributed by atoms with Crippen molar-refractivity contribution in [1.29, 1.82) is 0 Å². The lowest BCUT2D eigenvalue weighted by molar-refractivity contribution is 0.343. The number of rotatable bonds is 5. The lowest BCUT2D eigenvalue weighted by atomic mass is 10.0. The fourth-order valence-corrected chi connectivity index (χ4v) is 2.03. The van der Waals surface area contributed by atoms with Gasteiger partial charge in [0.05, 0.1) is 13.0 Å². The summed E-state index contributed by atoms with van der Waals surface area (Å²) in [6, 6.07) is 14.1. The third kappa shape index (κ3) is 3.42. The number of aryl methyl sites for hydroxylation is 1. The van der Waals surface area contributed by atoms with Gasteiger partial charge in [-0.2, -0.15) is 0 Å². The van der Waals surface area contributed by atoms with Crippen molar-refractivity contribution in [1.82, 2.24) is 0 Å². The zero-order chi connectivity index (χ0) is 13.7. The van der Waals surface area contributed by atoms with Crippen molar-refractivity contribution in [3.8, 4) is 22.6 Å². The highest BCUT2D eigenvalue weighted by molar-refractivity contribution is 6.18. The molecule has 0 bridgehead atoms. The Morgan fingerprint density at radius 1 is 1.11 bits per heavy atom. The maximum atomic E-state index is 5.63. The van der Waals surface area contributed by atoms with Gasteiger partial charge >= 0.3 is 0 Å². The van der Waals surface area contributed by atoms with Crippen molar-refractivity contribution < 1.29 is 9.47 Å². The van der Waals surface area contributed by atoms with Crippen molar-refractivity contribution in [3.05, 3.63) is 48.0 Å². The molecular weight excluding hydrogens is 260 g/mol. The van der Waals surface area contributed by atoms with Crippen molar-refractivity contribution in [2.24, 2.45) is 0 Å². The van der Waals surface area contributed by atoms with Gasteiger partial charge in [-0.05, 0) is 36.8 Å². The van der Waals surface area contributed by atoms with Gasteiger partial charge in [0.1, 0.15) is 18.1 Å². The summed E-state index contributed by atoms with van der Waals surface area (Å²) < 4.78 is 11.0. The number of alkyl halides is 1. The van der Waals surface area contributed by atoms with E-state index in [-0.39, 0.29) is 0 Å². The largest absolute Gasteiger partial charge is 0.496 e. The minimum absolute atomic E-state index is 0.484. The molecule has 0 aromatic heterocycles. The van der Waals surface area contributed by atoms with E-state index >= 15 is 0 Å². The van der Waals surface area contributed by atoms with Crippen molar-refractivity contribution in [2.75, 3.05) is 19.6 Å². The van der Waals surface area contributed by atoms with E-state index in [1.807, 2.05) is 36.4 Å². The maximum Gasteiger partial charge on any atom is 0.126 e. The van der Waals surface area contributed by atoms with Crippen LogP contribution >= 0.6 is 11.6 Å². The van der Waals surface area contributed by atoms with E-state index in [9.17, 15) is 0 Å². The molecule has 2 aromatic rings. The lowest BCUT2D eigenvalue weighted by Gasteiger charge is -2.11. The van der Waals surface area contributed by atoms with Crippen LogP contribution in [0.3, 0.4) is 0 Å². The SMILES string of the molecule is COc1ccc(C)cc1-c1cccc(OCCCl)c1. The second kappa shape index (κ2) is 6.48. The third-order valence-corrected chi connectivity index (χ3v) is 3.00. The average Bonchev–Trinajstić information content (AvgIpc) is 2.45. The van der Waals surface area contributed by atoms with Crippen LogP contribution in [0.15, 0.2) is 42.5 Å².